The Labute approximate surface area is 99.6 Å². The molecule has 0 unspecified atom stereocenters. The predicted octanol–water partition coefficient (Wildman–Crippen LogP) is 2.99. The van der Waals surface area contributed by atoms with Gasteiger partial charge in [0.25, 0.3) is 0 Å². The van der Waals surface area contributed by atoms with Crippen LogP contribution in [-0.2, 0) is 6.42 Å². The van der Waals surface area contributed by atoms with E-state index in [1.54, 1.807) is 20.2 Å². The van der Waals surface area contributed by atoms with E-state index in [2.05, 4.69) is 10.3 Å². The maximum absolute atomic E-state index is 13.8. The smallest absolute Gasteiger partial charge is 0.149 e. The summed E-state index contributed by atoms with van der Waals surface area (Å²) in [6, 6.07) is 4.92. The zero-order chi connectivity index (χ0) is 12.4. The van der Waals surface area contributed by atoms with E-state index in [-0.39, 0.29) is 5.82 Å². The van der Waals surface area contributed by atoms with Crippen molar-refractivity contribution in [3.05, 3.63) is 29.7 Å². The Balaban J connectivity index is 2.86. The van der Waals surface area contributed by atoms with Crippen molar-refractivity contribution in [2.45, 2.75) is 13.3 Å². The van der Waals surface area contributed by atoms with Crippen LogP contribution >= 0.6 is 0 Å². The van der Waals surface area contributed by atoms with Crippen LogP contribution in [0.1, 0.15) is 12.6 Å². The summed E-state index contributed by atoms with van der Waals surface area (Å²) in [5.41, 5.74) is 2.05. The van der Waals surface area contributed by atoms with Crippen LogP contribution in [0, 0.1) is 5.82 Å². The molecule has 0 spiro atoms. The first-order valence-corrected chi connectivity index (χ1v) is 5.55. The molecule has 2 rings (SSSR count). The number of halogens is 1. The third-order valence-electron chi connectivity index (χ3n) is 2.78. The van der Waals surface area contributed by atoms with Gasteiger partial charge in [0.1, 0.15) is 17.1 Å². The highest BCUT2D eigenvalue weighted by Gasteiger charge is 2.13. The number of nitrogens with zero attached hydrogens (tertiary/aromatic N) is 1. The van der Waals surface area contributed by atoms with E-state index in [4.69, 9.17) is 4.74 Å². The minimum absolute atomic E-state index is 0.326. The van der Waals surface area contributed by atoms with Gasteiger partial charge in [-0.1, -0.05) is 6.92 Å². The molecular weight excluding hydrogens is 219 g/mol. The second kappa shape index (κ2) is 4.57. The van der Waals surface area contributed by atoms with Crippen molar-refractivity contribution in [2.24, 2.45) is 0 Å². The van der Waals surface area contributed by atoms with E-state index in [1.807, 2.05) is 13.0 Å². The van der Waals surface area contributed by atoms with Gasteiger partial charge in [-0.25, -0.2) is 9.37 Å². The van der Waals surface area contributed by atoms with Crippen molar-refractivity contribution < 1.29 is 9.13 Å². The van der Waals surface area contributed by atoms with Gasteiger partial charge in [0.2, 0.25) is 0 Å². The van der Waals surface area contributed by atoms with Crippen molar-refractivity contribution in [3.8, 4) is 5.75 Å². The monoisotopic (exact) mass is 234 g/mol. The van der Waals surface area contributed by atoms with Gasteiger partial charge in [-0.3, -0.25) is 0 Å². The Hall–Kier alpha value is -1.84. The molecule has 0 saturated heterocycles. The number of anilines is 1. The summed E-state index contributed by atoms with van der Waals surface area (Å²) < 4.78 is 19.0. The quantitative estimate of drug-likeness (QED) is 0.886. The molecule has 90 valence electrons. The van der Waals surface area contributed by atoms with Gasteiger partial charge in [-0.05, 0) is 24.6 Å². The fourth-order valence-electron chi connectivity index (χ4n) is 1.88. The number of hydrogen-bond donors (Lipinski definition) is 1. The third-order valence-corrected chi connectivity index (χ3v) is 2.78. The first-order chi connectivity index (χ1) is 8.21. The molecule has 1 aromatic carbocycles. The van der Waals surface area contributed by atoms with Crippen molar-refractivity contribution in [3.63, 3.8) is 0 Å². The highest BCUT2D eigenvalue weighted by molar-refractivity contribution is 5.97. The fraction of sp³-hybridized carbons (Fsp3) is 0.308. The normalized spacial score (nSPS) is 10.6. The summed E-state index contributed by atoms with van der Waals surface area (Å²) in [5, 5.41) is 3.75. The molecular formula is C13H15FN2O. The van der Waals surface area contributed by atoms with E-state index in [1.165, 1.54) is 6.07 Å². The summed E-state index contributed by atoms with van der Waals surface area (Å²) in [6.07, 6.45) is 0.765. The summed E-state index contributed by atoms with van der Waals surface area (Å²) >= 11 is 0. The van der Waals surface area contributed by atoms with Crippen LogP contribution in [0.2, 0.25) is 0 Å². The summed E-state index contributed by atoms with van der Waals surface area (Å²) in [5.74, 6) is 0.300. The predicted molar refractivity (Wildman–Crippen MR) is 67.2 cm³/mol. The molecule has 0 aliphatic rings. The SMILES string of the molecule is CCc1cc(NC)c2c(OC)ccc(F)c2n1. The highest BCUT2D eigenvalue weighted by Crippen LogP contribution is 2.33. The average molecular weight is 234 g/mol. The van der Waals surface area contributed by atoms with Gasteiger partial charge in [-0.2, -0.15) is 0 Å². The Morgan fingerprint density at radius 1 is 1.41 bits per heavy atom. The van der Waals surface area contributed by atoms with Gasteiger partial charge in [0.15, 0.2) is 0 Å². The first kappa shape index (κ1) is 11.6. The fourth-order valence-corrected chi connectivity index (χ4v) is 1.88. The molecule has 0 bridgehead atoms. The first-order valence-electron chi connectivity index (χ1n) is 5.55. The lowest BCUT2D eigenvalue weighted by molar-refractivity contribution is 0.419. The van der Waals surface area contributed by atoms with Crippen LogP contribution in [-0.4, -0.2) is 19.1 Å². The zero-order valence-electron chi connectivity index (χ0n) is 10.2. The molecule has 0 radical (unpaired) electrons. The molecule has 1 aromatic heterocycles. The van der Waals surface area contributed by atoms with Gasteiger partial charge >= 0.3 is 0 Å². The Morgan fingerprint density at radius 3 is 2.76 bits per heavy atom. The molecule has 0 aliphatic heterocycles. The number of methoxy groups -OCH3 is 1. The van der Waals surface area contributed by atoms with Crippen molar-refractivity contribution in [1.82, 2.24) is 4.98 Å². The number of rotatable bonds is 3. The van der Waals surface area contributed by atoms with Gasteiger partial charge in [-0.15, -0.1) is 0 Å². The lowest BCUT2D eigenvalue weighted by atomic mass is 10.1. The molecule has 0 amide bonds. The minimum Gasteiger partial charge on any atom is -0.496 e. The Morgan fingerprint density at radius 2 is 2.18 bits per heavy atom. The second-order valence-corrected chi connectivity index (χ2v) is 3.74. The highest BCUT2D eigenvalue weighted by atomic mass is 19.1. The van der Waals surface area contributed by atoms with Crippen molar-refractivity contribution in [1.29, 1.82) is 0 Å². The van der Waals surface area contributed by atoms with Crippen LogP contribution in [0.3, 0.4) is 0 Å². The maximum Gasteiger partial charge on any atom is 0.149 e. The van der Waals surface area contributed by atoms with Crippen LogP contribution in [0.4, 0.5) is 10.1 Å². The van der Waals surface area contributed by atoms with Crippen LogP contribution in [0.15, 0.2) is 18.2 Å². The number of fused-ring (bicyclic) bond motifs is 1. The van der Waals surface area contributed by atoms with Crippen molar-refractivity contribution in [2.75, 3.05) is 19.5 Å². The van der Waals surface area contributed by atoms with E-state index in [9.17, 15) is 4.39 Å². The zero-order valence-corrected chi connectivity index (χ0v) is 10.2. The number of ether oxygens (including phenoxy) is 1. The standard InChI is InChI=1S/C13H15FN2O/c1-4-8-7-10(15-2)12-11(17-3)6-5-9(14)13(12)16-8/h5-7H,4H2,1-3H3,(H,15,16). The molecule has 4 heteroatoms. The van der Waals surface area contributed by atoms with Gasteiger partial charge < -0.3 is 10.1 Å². The number of pyridine rings is 1. The van der Waals surface area contributed by atoms with Crippen LogP contribution < -0.4 is 10.1 Å². The Kier molecular flexibility index (Phi) is 3.13. The van der Waals surface area contributed by atoms with E-state index >= 15 is 0 Å². The lowest BCUT2D eigenvalue weighted by Gasteiger charge is -2.12. The lowest BCUT2D eigenvalue weighted by Crippen LogP contribution is -1.99. The molecule has 0 fully saturated rings. The number of benzene rings is 1. The summed E-state index contributed by atoms with van der Waals surface area (Å²) in [6.45, 7) is 1.99. The van der Waals surface area contributed by atoms with Crippen molar-refractivity contribution >= 4 is 16.6 Å². The number of aromatic nitrogens is 1. The topological polar surface area (TPSA) is 34.1 Å². The van der Waals surface area contributed by atoms with E-state index in [0.717, 1.165) is 17.8 Å². The van der Waals surface area contributed by atoms with Crippen LogP contribution in [0.5, 0.6) is 5.75 Å². The molecule has 17 heavy (non-hydrogen) atoms. The van der Waals surface area contributed by atoms with Gasteiger partial charge in [0, 0.05) is 18.4 Å². The molecule has 0 saturated carbocycles. The summed E-state index contributed by atoms with van der Waals surface area (Å²) in [7, 11) is 3.37. The number of aryl methyl sites for hydroxylation is 1. The van der Waals surface area contributed by atoms with E-state index in [0.29, 0.717) is 16.7 Å². The molecule has 0 atom stereocenters. The molecule has 2 aromatic rings. The Bertz CT molecular complexity index is 555. The number of nitrogens with one attached hydrogen (secondary N) is 1. The van der Waals surface area contributed by atoms with E-state index < -0.39 is 0 Å². The molecule has 0 aliphatic carbocycles. The van der Waals surface area contributed by atoms with Gasteiger partial charge in [0.05, 0.1) is 12.5 Å². The maximum atomic E-state index is 13.8. The third kappa shape index (κ3) is 1.90. The molecule has 1 heterocycles. The average Bonchev–Trinajstić information content (AvgIpc) is 2.38. The number of hydrogen-bond acceptors (Lipinski definition) is 3. The molecule has 1 N–H and O–H groups in total. The van der Waals surface area contributed by atoms with Crippen LogP contribution in [0.25, 0.3) is 10.9 Å². The largest absolute Gasteiger partial charge is 0.496 e. The summed E-state index contributed by atoms with van der Waals surface area (Å²) in [4.78, 5) is 4.32. The second-order valence-electron chi connectivity index (χ2n) is 3.74. The minimum atomic E-state index is -0.326. The molecule has 3 nitrogen and oxygen atoms in total.